The van der Waals surface area contributed by atoms with E-state index in [-0.39, 0.29) is 5.97 Å². The number of hydrogen-bond acceptors (Lipinski definition) is 3. The van der Waals surface area contributed by atoms with E-state index in [1.54, 1.807) is 37.4 Å². The molecule has 0 spiro atoms. The van der Waals surface area contributed by atoms with Crippen molar-refractivity contribution < 1.29 is 14.3 Å². The van der Waals surface area contributed by atoms with Crippen molar-refractivity contribution in [2.75, 3.05) is 7.11 Å². The van der Waals surface area contributed by atoms with Crippen LogP contribution in [-0.2, 0) is 0 Å². The van der Waals surface area contributed by atoms with Gasteiger partial charge in [0.05, 0.1) is 12.7 Å². The molecule has 0 fully saturated rings. The Kier molecular flexibility index (Phi) is 3.63. The predicted octanol–water partition coefficient (Wildman–Crippen LogP) is 3.22. The third kappa shape index (κ3) is 2.69. The Morgan fingerprint density at radius 3 is 2.56 bits per heavy atom. The first kappa shape index (κ1) is 12.2. The lowest BCUT2D eigenvalue weighted by molar-refractivity contribution is 0.0733. The van der Waals surface area contributed by atoms with Gasteiger partial charge < -0.3 is 9.47 Å². The molecule has 3 heteroatoms. The second-order valence-electron chi connectivity index (χ2n) is 3.89. The van der Waals surface area contributed by atoms with Gasteiger partial charge in [0, 0.05) is 0 Å². The van der Waals surface area contributed by atoms with E-state index in [1.807, 2.05) is 25.1 Å². The fraction of sp³-hybridized carbons (Fsp3) is 0.133. The van der Waals surface area contributed by atoms with Gasteiger partial charge in [-0.2, -0.15) is 0 Å². The highest BCUT2D eigenvalue weighted by Gasteiger charge is 2.10. The van der Waals surface area contributed by atoms with Crippen LogP contribution in [0.3, 0.4) is 0 Å². The lowest BCUT2D eigenvalue weighted by Gasteiger charge is -2.07. The van der Waals surface area contributed by atoms with E-state index in [9.17, 15) is 4.79 Å². The van der Waals surface area contributed by atoms with Gasteiger partial charge in [0.2, 0.25) is 0 Å². The molecule has 0 amide bonds. The van der Waals surface area contributed by atoms with Crippen molar-refractivity contribution >= 4 is 5.97 Å². The highest BCUT2D eigenvalue weighted by atomic mass is 16.5. The average Bonchev–Trinajstić information content (AvgIpc) is 2.41. The Balaban J connectivity index is 2.19. The molecule has 0 bridgehead atoms. The van der Waals surface area contributed by atoms with Gasteiger partial charge in [0.1, 0.15) is 11.5 Å². The van der Waals surface area contributed by atoms with Crippen molar-refractivity contribution in [3.8, 4) is 11.5 Å². The van der Waals surface area contributed by atoms with Gasteiger partial charge in [-0.3, -0.25) is 0 Å². The molecule has 2 rings (SSSR count). The zero-order valence-corrected chi connectivity index (χ0v) is 10.3. The summed E-state index contributed by atoms with van der Waals surface area (Å²) in [4.78, 5) is 12.0. The van der Waals surface area contributed by atoms with E-state index in [1.165, 1.54) is 0 Å². The summed E-state index contributed by atoms with van der Waals surface area (Å²) in [6.07, 6.45) is 0. The third-order valence-corrected chi connectivity index (χ3v) is 2.60. The van der Waals surface area contributed by atoms with Crippen molar-refractivity contribution in [3.05, 3.63) is 59.7 Å². The molecule has 0 aromatic heterocycles. The molecule has 2 aromatic carbocycles. The number of carbonyl (C=O) groups excluding carboxylic acids is 1. The Hall–Kier alpha value is -2.29. The number of esters is 1. The normalized spacial score (nSPS) is 9.89. The lowest BCUT2D eigenvalue weighted by atomic mass is 10.2. The molecule has 0 aliphatic carbocycles. The van der Waals surface area contributed by atoms with Crippen molar-refractivity contribution in [2.24, 2.45) is 0 Å². The molecular weight excluding hydrogens is 228 g/mol. The summed E-state index contributed by atoms with van der Waals surface area (Å²) in [5.74, 6) is 0.822. The summed E-state index contributed by atoms with van der Waals surface area (Å²) in [7, 11) is 1.56. The maximum atomic E-state index is 12.0. The quantitative estimate of drug-likeness (QED) is 0.612. The van der Waals surface area contributed by atoms with Crippen molar-refractivity contribution in [3.63, 3.8) is 0 Å². The van der Waals surface area contributed by atoms with Crippen LogP contribution in [0.5, 0.6) is 11.5 Å². The Labute approximate surface area is 106 Å². The predicted molar refractivity (Wildman–Crippen MR) is 69.1 cm³/mol. The number of para-hydroxylation sites is 1. The van der Waals surface area contributed by atoms with Gasteiger partial charge in [-0.25, -0.2) is 4.79 Å². The van der Waals surface area contributed by atoms with Gasteiger partial charge in [0.25, 0.3) is 0 Å². The number of methoxy groups -OCH3 is 1. The van der Waals surface area contributed by atoms with Gasteiger partial charge in [-0.15, -0.1) is 0 Å². The van der Waals surface area contributed by atoms with Crippen LogP contribution < -0.4 is 9.47 Å². The largest absolute Gasteiger partial charge is 0.497 e. The molecule has 0 aliphatic rings. The zero-order valence-electron chi connectivity index (χ0n) is 10.3. The Morgan fingerprint density at radius 1 is 1.06 bits per heavy atom. The Bertz CT molecular complexity index is 561. The monoisotopic (exact) mass is 242 g/mol. The highest BCUT2D eigenvalue weighted by molar-refractivity contribution is 5.91. The minimum Gasteiger partial charge on any atom is -0.497 e. The summed E-state index contributed by atoms with van der Waals surface area (Å²) in [6.45, 7) is 1.90. The fourth-order valence-corrected chi connectivity index (χ4v) is 1.58. The van der Waals surface area contributed by atoms with Crippen LogP contribution in [0.15, 0.2) is 48.5 Å². The molecule has 0 N–H and O–H groups in total. The molecule has 0 radical (unpaired) electrons. The van der Waals surface area contributed by atoms with E-state index in [2.05, 4.69) is 0 Å². The summed E-state index contributed by atoms with van der Waals surface area (Å²) in [6, 6.07) is 14.3. The van der Waals surface area contributed by atoms with E-state index in [4.69, 9.17) is 9.47 Å². The Morgan fingerprint density at radius 2 is 1.83 bits per heavy atom. The maximum Gasteiger partial charge on any atom is 0.343 e. The highest BCUT2D eigenvalue weighted by Crippen LogP contribution is 2.19. The SMILES string of the molecule is COc1cccc(C(=O)Oc2ccccc2C)c1. The second kappa shape index (κ2) is 5.36. The lowest BCUT2D eigenvalue weighted by Crippen LogP contribution is -2.09. The van der Waals surface area contributed by atoms with E-state index in [0.717, 1.165) is 5.56 Å². The number of aryl methyl sites for hydroxylation is 1. The van der Waals surface area contributed by atoms with Crippen molar-refractivity contribution in [2.45, 2.75) is 6.92 Å². The molecule has 0 saturated carbocycles. The molecule has 0 heterocycles. The fourth-order valence-electron chi connectivity index (χ4n) is 1.58. The summed E-state index contributed by atoms with van der Waals surface area (Å²) < 4.78 is 10.4. The number of ether oxygens (including phenoxy) is 2. The summed E-state index contributed by atoms with van der Waals surface area (Å²) >= 11 is 0. The molecule has 2 aromatic rings. The third-order valence-electron chi connectivity index (χ3n) is 2.60. The standard InChI is InChI=1S/C15H14O3/c1-11-6-3-4-9-14(11)18-15(16)12-7-5-8-13(10-12)17-2/h3-10H,1-2H3. The van der Waals surface area contributed by atoms with Crippen LogP contribution in [-0.4, -0.2) is 13.1 Å². The van der Waals surface area contributed by atoms with Crippen molar-refractivity contribution in [1.82, 2.24) is 0 Å². The molecule has 18 heavy (non-hydrogen) atoms. The first-order valence-electron chi connectivity index (χ1n) is 5.62. The molecule has 0 unspecified atom stereocenters. The van der Waals surface area contributed by atoms with Crippen LogP contribution in [0.2, 0.25) is 0 Å². The van der Waals surface area contributed by atoms with Crippen LogP contribution in [0.25, 0.3) is 0 Å². The topological polar surface area (TPSA) is 35.5 Å². The molecule has 3 nitrogen and oxygen atoms in total. The van der Waals surface area contributed by atoms with Crippen LogP contribution in [0.4, 0.5) is 0 Å². The number of carbonyl (C=O) groups is 1. The van der Waals surface area contributed by atoms with Gasteiger partial charge in [-0.05, 0) is 36.8 Å². The van der Waals surface area contributed by atoms with Crippen LogP contribution >= 0.6 is 0 Å². The minimum atomic E-state index is -0.386. The van der Waals surface area contributed by atoms with E-state index >= 15 is 0 Å². The molecular formula is C15H14O3. The van der Waals surface area contributed by atoms with Gasteiger partial charge >= 0.3 is 5.97 Å². The summed E-state index contributed by atoms with van der Waals surface area (Å²) in [5.41, 5.74) is 1.39. The smallest absolute Gasteiger partial charge is 0.343 e. The van der Waals surface area contributed by atoms with Gasteiger partial charge in [-0.1, -0.05) is 24.3 Å². The van der Waals surface area contributed by atoms with Crippen LogP contribution in [0, 0.1) is 6.92 Å². The van der Waals surface area contributed by atoms with Crippen molar-refractivity contribution in [1.29, 1.82) is 0 Å². The average molecular weight is 242 g/mol. The number of benzene rings is 2. The molecule has 0 aliphatic heterocycles. The number of rotatable bonds is 3. The molecule has 0 saturated heterocycles. The van der Waals surface area contributed by atoms with Gasteiger partial charge in [0.15, 0.2) is 0 Å². The molecule has 0 atom stereocenters. The van der Waals surface area contributed by atoms with Crippen LogP contribution in [0.1, 0.15) is 15.9 Å². The summed E-state index contributed by atoms with van der Waals surface area (Å²) in [5, 5.41) is 0. The van der Waals surface area contributed by atoms with E-state index < -0.39 is 0 Å². The second-order valence-corrected chi connectivity index (χ2v) is 3.89. The first-order chi connectivity index (χ1) is 8.70. The minimum absolute atomic E-state index is 0.386. The van der Waals surface area contributed by atoms with E-state index in [0.29, 0.717) is 17.1 Å². The maximum absolute atomic E-state index is 12.0. The number of hydrogen-bond donors (Lipinski definition) is 0. The first-order valence-corrected chi connectivity index (χ1v) is 5.62. The molecule has 92 valence electrons. The zero-order chi connectivity index (χ0) is 13.0.